The van der Waals surface area contributed by atoms with E-state index in [0.717, 1.165) is 0 Å². The standard InChI is InChI=1S/C12H27BOS2/c1-10(2,3)14-13(15-11(4,5)6)16-12(7,8)9/h1-9H3. The quantitative estimate of drug-likeness (QED) is 0.673. The van der Waals surface area contributed by atoms with Gasteiger partial charge in [0.1, 0.15) is 0 Å². The molecule has 0 bridgehead atoms. The van der Waals surface area contributed by atoms with Gasteiger partial charge in [0.25, 0.3) is 0 Å². The molecule has 0 aliphatic rings. The average Bonchev–Trinajstić information content (AvgIpc) is 1.70. The Morgan fingerprint density at radius 2 is 1.00 bits per heavy atom. The Bertz CT molecular complexity index is 172. The molecule has 96 valence electrons. The first kappa shape index (κ1) is 16.7. The average molecular weight is 262 g/mol. The molecule has 1 nitrogen and oxygen atoms in total. The van der Waals surface area contributed by atoms with E-state index < -0.39 is 0 Å². The molecular weight excluding hydrogens is 235 g/mol. The molecule has 16 heavy (non-hydrogen) atoms. The van der Waals surface area contributed by atoms with Gasteiger partial charge in [0, 0.05) is 15.1 Å². The van der Waals surface area contributed by atoms with Crippen LogP contribution in [0.4, 0.5) is 0 Å². The molecule has 0 saturated heterocycles. The first-order valence-corrected chi connectivity index (χ1v) is 7.58. The third-order valence-corrected chi connectivity index (χ3v) is 3.92. The molecule has 0 heterocycles. The van der Waals surface area contributed by atoms with Crippen LogP contribution in [0.25, 0.3) is 0 Å². The predicted octanol–water partition coefficient (Wildman–Crippen LogP) is 4.85. The first-order chi connectivity index (χ1) is 6.79. The van der Waals surface area contributed by atoms with Crippen molar-refractivity contribution < 1.29 is 4.65 Å². The van der Waals surface area contributed by atoms with Gasteiger partial charge in [0.15, 0.2) is 0 Å². The van der Waals surface area contributed by atoms with Crippen molar-refractivity contribution in [2.45, 2.75) is 77.4 Å². The van der Waals surface area contributed by atoms with Gasteiger partial charge in [-0.25, -0.2) is 0 Å². The third kappa shape index (κ3) is 11.2. The lowest BCUT2D eigenvalue weighted by Crippen LogP contribution is -2.32. The topological polar surface area (TPSA) is 9.23 Å². The normalized spacial score (nSPS) is 14.1. The van der Waals surface area contributed by atoms with Gasteiger partial charge in [0.2, 0.25) is 0 Å². The van der Waals surface area contributed by atoms with E-state index in [1.807, 2.05) is 23.2 Å². The number of hydrogen-bond donors (Lipinski definition) is 0. The Labute approximate surface area is 111 Å². The van der Waals surface area contributed by atoms with Crippen LogP contribution in [0.5, 0.6) is 0 Å². The van der Waals surface area contributed by atoms with Crippen LogP contribution in [0.1, 0.15) is 62.3 Å². The summed E-state index contributed by atoms with van der Waals surface area (Å²) in [6.07, 6.45) is 0. The first-order valence-electron chi connectivity index (χ1n) is 5.82. The van der Waals surface area contributed by atoms with E-state index in [1.165, 1.54) is 0 Å². The minimum Gasteiger partial charge on any atom is -0.412 e. The van der Waals surface area contributed by atoms with Crippen LogP contribution >= 0.6 is 23.2 Å². The fourth-order valence-corrected chi connectivity index (χ4v) is 4.69. The Morgan fingerprint density at radius 1 is 0.688 bits per heavy atom. The molecule has 0 atom stereocenters. The van der Waals surface area contributed by atoms with Crippen molar-refractivity contribution in [2.24, 2.45) is 0 Å². The molecule has 0 aromatic heterocycles. The monoisotopic (exact) mass is 262 g/mol. The summed E-state index contributed by atoms with van der Waals surface area (Å²) in [5, 5.41) is 0. The lowest BCUT2D eigenvalue weighted by Gasteiger charge is -2.32. The predicted molar refractivity (Wildman–Crippen MR) is 81.3 cm³/mol. The Hall–Kier alpha value is 0.725. The largest absolute Gasteiger partial charge is 0.433 e. The number of hydrogen-bond acceptors (Lipinski definition) is 3. The molecule has 0 aromatic carbocycles. The molecule has 4 heteroatoms. The second-order valence-electron chi connectivity index (χ2n) is 6.98. The summed E-state index contributed by atoms with van der Waals surface area (Å²) in [4.78, 5) is 0. The van der Waals surface area contributed by atoms with E-state index in [0.29, 0.717) is 0 Å². The molecule has 0 unspecified atom stereocenters. The zero-order valence-corrected chi connectivity index (χ0v) is 13.9. The summed E-state index contributed by atoms with van der Waals surface area (Å²) in [6, 6.07) is 0. The molecule has 0 aromatic rings. The fraction of sp³-hybridized carbons (Fsp3) is 1.00. The maximum absolute atomic E-state index is 6.12. The van der Waals surface area contributed by atoms with E-state index >= 15 is 0 Å². The molecule has 0 saturated carbocycles. The van der Waals surface area contributed by atoms with E-state index in [2.05, 4.69) is 62.3 Å². The van der Waals surface area contributed by atoms with Gasteiger partial charge in [0.05, 0.1) is 0 Å². The lowest BCUT2D eigenvalue weighted by molar-refractivity contribution is 0.141. The minimum atomic E-state index is -0.0822. The highest BCUT2D eigenvalue weighted by molar-refractivity contribution is 8.54. The van der Waals surface area contributed by atoms with Crippen molar-refractivity contribution in [3.05, 3.63) is 0 Å². The highest BCUT2D eigenvalue weighted by Crippen LogP contribution is 2.39. The number of rotatable bonds is 3. The zero-order chi connectivity index (χ0) is 13.2. The molecule has 0 aliphatic carbocycles. The van der Waals surface area contributed by atoms with E-state index in [4.69, 9.17) is 4.65 Å². The van der Waals surface area contributed by atoms with Crippen LogP contribution in [0.2, 0.25) is 0 Å². The summed E-state index contributed by atoms with van der Waals surface area (Å²) in [7, 11) is 0. The van der Waals surface area contributed by atoms with Crippen molar-refractivity contribution in [3.63, 3.8) is 0 Å². The van der Waals surface area contributed by atoms with Gasteiger partial charge in [-0.05, 0) is 20.8 Å². The van der Waals surface area contributed by atoms with Crippen LogP contribution in [-0.2, 0) is 4.65 Å². The van der Waals surface area contributed by atoms with Gasteiger partial charge in [-0.15, -0.1) is 0 Å². The molecule has 0 N–H and O–H groups in total. The third-order valence-electron chi connectivity index (χ3n) is 1.35. The molecule has 0 rings (SSSR count). The lowest BCUT2D eigenvalue weighted by atomic mass is 10.2. The summed E-state index contributed by atoms with van der Waals surface area (Å²) >= 11 is 3.79. The molecule has 0 fully saturated rings. The summed E-state index contributed by atoms with van der Waals surface area (Å²) < 4.78 is 6.58. The highest BCUT2D eigenvalue weighted by atomic mass is 32.2. The minimum absolute atomic E-state index is 0.0822. The van der Waals surface area contributed by atoms with Crippen LogP contribution in [-0.4, -0.2) is 20.6 Å². The highest BCUT2D eigenvalue weighted by Gasteiger charge is 2.33. The molecule has 0 amide bonds. The molecule has 0 radical (unpaired) electrons. The van der Waals surface area contributed by atoms with Gasteiger partial charge >= 0.3 is 5.47 Å². The zero-order valence-electron chi connectivity index (χ0n) is 12.3. The maximum atomic E-state index is 6.12. The van der Waals surface area contributed by atoms with Gasteiger partial charge in [-0.1, -0.05) is 41.5 Å². The fourth-order valence-electron chi connectivity index (χ4n) is 0.938. The van der Waals surface area contributed by atoms with E-state index in [9.17, 15) is 0 Å². The Balaban J connectivity index is 4.53. The molecule has 0 spiro atoms. The van der Waals surface area contributed by atoms with E-state index in [1.54, 1.807) is 0 Å². The molecular formula is C12H27BOS2. The SMILES string of the molecule is CC(C)(C)OB(SC(C)(C)C)SC(C)(C)C. The van der Waals surface area contributed by atoms with Gasteiger partial charge in [-0.2, -0.15) is 23.2 Å². The van der Waals surface area contributed by atoms with Gasteiger partial charge < -0.3 is 4.65 Å². The Morgan fingerprint density at radius 3 is 1.19 bits per heavy atom. The van der Waals surface area contributed by atoms with Crippen LogP contribution in [0.15, 0.2) is 0 Å². The van der Waals surface area contributed by atoms with Crippen LogP contribution < -0.4 is 0 Å². The van der Waals surface area contributed by atoms with Crippen molar-refractivity contribution in [1.29, 1.82) is 0 Å². The molecule has 0 aliphatic heterocycles. The maximum Gasteiger partial charge on any atom is 0.433 e. The second kappa shape index (κ2) is 5.58. The van der Waals surface area contributed by atoms with Crippen molar-refractivity contribution in [1.82, 2.24) is 0 Å². The summed E-state index contributed by atoms with van der Waals surface area (Å²) in [5.41, 5.74) is 0.112. The Kier molecular flexibility index (Phi) is 5.83. The van der Waals surface area contributed by atoms with Crippen LogP contribution in [0.3, 0.4) is 0 Å². The second-order valence-corrected chi connectivity index (χ2v) is 11.1. The van der Waals surface area contributed by atoms with E-state index in [-0.39, 0.29) is 20.6 Å². The van der Waals surface area contributed by atoms with Gasteiger partial charge in [-0.3, -0.25) is 0 Å². The van der Waals surface area contributed by atoms with Crippen molar-refractivity contribution >= 4 is 28.7 Å². The van der Waals surface area contributed by atoms with Crippen LogP contribution in [0, 0.1) is 0 Å². The van der Waals surface area contributed by atoms with Crippen molar-refractivity contribution in [3.8, 4) is 0 Å². The summed E-state index contributed by atoms with van der Waals surface area (Å²) in [6.45, 7) is 19.8. The summed E-state index contributed by atoms with van der Waals surface area (Å²) in [5.74, 6) is 0. The smallest absolute Gasteiger partial charge is 0.412 e. The van der Waals surface area contributed by atoms with Crippen molar-refractivity contribution in [2.75, 3.05) is 0 Å².